The third-order valence-corrected chi connectivity index (χ3v) is 3.51. The minimum Gasteiger partial charge on any atom is -0.302 e. The Morgan fingerprint density at radius 1 is 1.47 bits per heavy atom. The van der Waals surface area contributed by atoms with Crippen molar-refractivity contribution in [2.24, 2.45) is 5.84 Å². The number of rotatable bonds is 7. The molecule has 1 amide bonds. The zero-order chi connectivity index (χ0) is 12.7. The average Bonchev–Trinajstić information content (AvgIpc) is 2.85. The van der Waals surface area contributed by atoms with E-state index >= 15 is 0 Å². The van der Waals surface area contributed by atoms with E-state index in [0.717, 1.165) is 25.9 Å². The van der Waals surface area contributed by atoms with Crippen molar-refractivity contribution >= 4 is 5.91 Å². The summed E-state index contributed by atoms with van der Waals surface area (Å²) in [5.74, 6) is 5.15. The molecule has 5 heteroatoms. The van der Waals surface area contributed by atoms with E-state index in [1.165, 1.54) is 25.9 Å². The first-order valence-corrected chi connectivity index (χ1v) is 6.62. The second-order valence-corrected chi connectivity index (χ2v) is 4.84. The van der Waals surface area contributed by atoms with Gasteiger partial charge in [-0.15, -0.1) is 0 Å². The quantitative estimate of drug-likeness (QED) is 0.380. The molecule has 0 aromatic heterocycles. The Bertz CT molecular complexity index is 229. The van der Waals surface area contributed by atoms with Crippen molar-refractivity contribution < 1.29 is 4.79 Å². The van der Waals surface area contributed by atoms with Crippen LogP contribution in [-0.4, -0.2) is 55.0 Å². The zero-order valence-corrected chi connectivity index (χ0v) is 11.1. The third-order valence-electron chi connectivity index (χ3n) is 3.51. The van der Waals surface area contributed by atoms with E-state index in [2.05, 4.69) is 22.1 Å². The smallest absolute Gasteiger partial charge is 0.251 e. The lowest BCUT2D eigenvalue weighted by atomic mass is 10.1. The van der Waals surface area contributed by atoms with Gasteiger partial charge in [-0.05, 0) is 39.4 Å². The topological polar surface area (TPSA) is 61.6 Å². The summed E-state index contributed by atoms with van der Waals surface area (Å²) >= 11 is 0. The van der Waals surface area contributed by atoms with Crippen LogP contribution in [0.2, 0.25) is 0 Å². The molecule has 1 aliphatic rings. The van der Waals surface area contributed by atoms with Gasteiger partial charge < -0.3 is 4.90 Å². The van der Waals surface area contributed by atoms with Gasteiger partial charge in [-0.2, -0.15) is 0 Å². The molecule has 1 unspecified atom stereocenters. The summed E-state index contributed by atoms with van der Waals surface area (Å²) in [7, 11) is 2.01. The van der Waals surface area contributed by atoms with Crippen LogP contribution in [0.15, 0.2) is 0 Å². The number of nitrogens with one attached hydrogen (secondary N) is 1. The van der Waals surface area contributed by atoms with Gasteiger partial charge in [-0.3, -0.25) is 15.1 Å². The Labute approximate surface area is 104 Å². The van der Waals surface area contributed by atoms with Crippen molar-refractivity contribution in [3.63, 3.8) is 0 Å². The summed E-state index contributed by atoms with van der Waals surface area (Å²) in [6.07, 6.45) is 4.47. The Morgan fingerprint density at radius 3 is 2.65 bits per heavy atom. The van der Waals surface area contributed by atoms with E-state index in [-0.39, 0.29) is 11.9 Å². The molecule has 1 atom stereocenters. The predicted molar refractivity (Wildman–Crippen MR) is 69.3 cm³/mol. The fourth-order valence-corrected chi connectivity index (χ4v) is 2.38. The van der Waals surface area contributed by atoms with Gasteiger partial charge in [-0.1, -0.05) is 13.3 Å². The normalized spacial score (nSPS) is 18.6. The highest BCUT2D eigenvalue weighted by molar-refractivity contribution is 5.81. The first-order valence-electron chi connectivity index (χ1n) is 6.62. The van der Waals surface area contributed by atoms with Crippen LogP contribution in [0.1, 0.15) is 32.6 Å². The van der Waals surface area contributed by atoms with E-state index in [1.54, 1.807) is 0 Å². The van der Waals surface area contributed by atoms with Gasteiger partial charge in [0.25, 0.3) is 5.91 Å². The van der Waals surface area contributed by atoms with Crippen LogP contribution < -0.4 is 11.3 Å². The molecule has 1 fully saturated rings. The molecule has 0 bridgehead atoms. The second kappa shape index (κ2) is 7.63. The maximum absolute atomic E-state index is 11.6. The van der Waals surface area contributed by atoms with E-state index in [9.17, 15) is 4.79 Å². The molecule has 0 aliphatic carbocycles. The maximum atomic E-state index is 11.6. The van der Waals surface area contributed by atoms with Crippen LogP contribution in [0.3, 0.4) is 0 Å². The van der Waals surface area contributed by atoms with Crippen molar-refractivity contribution in [2.45, 2.75) is 38.6 Å². The molecule has 1 saturated heterocycles. The minimum absolute atomic E-state index is 0.0734. The van der Waals surface area contributed by atoms with Crippen LogP contribution in [0, 0.1) is 0 Å². The minimum atomic E-state index is -0.0902. The zero-order valence-electron chi connectivity index (χ0n) is 11.1. The summed E-state index contributed by atoms with van der Waals surface area (Å²) in [6.45, 7) is 6.47. The lowest BCUT2D eigenvalue weighted by molar-refractivity contribution is -0.126. The lowest BCUT2D eigenvalue weighted by Gasteiger charge is -2.28. The Hall–Kier alpha value is -0.650. The molecular weight excluding hydrogens is 216 g/mol. The van der Waals surface area contributed by atoms with E-state index in [1.807, 2.05) is 7.05 Å². The number of amides is 1. The molecule has 0 aromatic carbocycles. The number of likely N-dealkylation sites (N-methyl/N-ethyl adjacent to an activating group) is 1. The standard InChI is InChI=1S/C12H26N4O/c1-3-6-11(12(17)14-13)15(2)9-10-16-7-4-5-8-16/h11H,3-10,13H2,1-2H3,(H,14,17). The molecule has 17 heavy (non-hydrogen) atoms. The molecule has 0 aromatic rings. The molecule has 0 spiro atoms. The number of hydrazine groups is 1. The summed E-state index contributed by atoms with van der Waals surface area (Å²) in [5.41, 5.74) is 2.26. The van der Waals surface area contributed by atoms with Crippen LogP contribution in [0.5, 0.6) is 0 Å². The van der Waals surface area contributed by atoms with Gasteiger partial charge in [0.1, 0.15) is 0 Å². The number of likely N-dealkylation sites (tertiary alicyclic amines) is 1. The first-order chi connectivity index (χ1) is 8.19. The van der Waals surface area contributed by atoms with Crippen LogP contribution >= 0.6 is 0 Å². The van der Waals surface area contributed by atoms with Gasteiger partial charge in [-0.25, -0.2) is 5.84 Å². The fraction of sp³-hybridized carbons (Fsp3) is 0.917. The van der Waals surface area contributed by atoms with Gasteiger partial charge in [0.15, 0.2) is 0 Å². The van der Waals surface area contributed by atoms with Gasteiger partial charge in [0.05, 0.1) is 6.04 Å². The molecule has 0 radical (unpaired) electrons. The van der Waals surface area contributed by atoms with Crippen molar-refractivity contribution in [2.75, 3.05) is 33.2 Å². The van der Waals surface area contributed by atoms with Crippen LogP contribution in [0.4, 0.5) is 0 Å². The highest BCUT2D eigenvalue weighted by Crippen LogP contribution is 2.09. The van der Waals surface area contributed by atoms with Crippen molar-refractivity contribution in [3.05, 3.63) is 0 Å². The van der Waals surface area contributed by atoms with Crippen molar-refractivity contribution in [3.8, 4) is 0 Å². The fourth-order valence-electron chi connectivity index (χ4n) is 2.38. The van der Waals surface area contributed by atoms with Crippen LogP contribution in [0.25, 0.3) is 0 Å². The molecule has 0 saturated carbocycles. The van der Waals surface area contributed by atoms with Gasteiger partial charge >= 0.3 is 0 Å². The Kier molecular flexibility index (Phi) is 6.47. The summed E-state index contributed by atoms with van der Waals surface area (Å²) in [6, 6.07) is -0.0902. The predicted octanol–water partition coefficient (Wildman–Crippen LogP) is 0.173. The second-order valence-electron chi connectivity index (χ2n) is 4.84. The molecule has 1 aliphatic heterocycles. The maximum Gasteiger partial charge on any atom is 0.251 e. The molecule has 3 N–H and O–H groups in total. The number of hydrogen-bond donors (Lipinski definition) is 2. The van der Waals surface area contributed by atoms with Crippen LogP contribution in [-0.2, 0) is 4.79 Å². The molecule has 5 nitrogen and oxygen atoms in total. The Balaban J connectivity index is 2.35. The van der Waals surface area contributed by atoms with E-state index in [0.29, 0.717) is 0 Å². The molecule has 1 rings (SSSR count). The SMILES string of the molecule is CCCC(C(=O)NN)N(C)CCN1CCCC1. The highest BCUT2D eigenvalue weighted by Gasteiger charge is 2.22. The van der Waals surface area contributed by atoms with Gasteiger partial charge in [0, 0.05) is 13.1 Å². The molecular formula is C12H26N4O. The number of hydrogen-bond acceptors (Lipinski definition) is 4. The first kappa shape index (κ1) is 14.4. The lowest BCUT2D eigenvalue weighted by Crippen LogP contribution is -2.49. The molecule has 100 valence electrons. The number of carbonyl (C=O) groups excluding carboxylic acids is 1. The average molecular weight is 242 g/mol. The molecule has 1 heterocycles. The van der Waals surface area contributed by atoms with E-state index < -0.39 is 0 Å². The largest absolute Gasteiger partial charge is 0.302 e. The van der Waals surface area contributed by atoms with Crippen molar-refractivity contribution in [1.29, 1.82) is 0 Å². The monoisotopic (exact) mass is 242 g/mol. The third kappa shape index (κ3) is 4.61. The summed E-state index contributed by atoms with van der Waals surface area (Å²) < 4.78 is 0. The summed E-state index contributed by atoms with van der Waals surface area (Å²) in [4.78, 5) is 16.2. The summed E-state index contributed by atoms with van der Waals surface area (Å²) in [5, 5.41) is 0. The number of carbonyl (C=O) groups is 1. The van der Waals surface area contributed by atoms with Gasteiger partial charge in [0.2, 0.25) is 0 Å². The van der Waals surface area contributed by atoms with E-state index in [4.69, 9.17) is 5.84 Å². The Morgan fingerprint density at radius 2 is 2.12 bits per heavy atom. The number of nitrogens with two attached hydrogens (primary N) is 1. The highest BCUT2D eigenvalue weighted by atomic mass is 16.2. The number of nitrogens with zero attached hydrogens (tertiary/aromatic N) is 2. The van der Waals surface area contributed by atoms with Crippen molar-refractivity contribution in [1.82, 2.24) is 15.2 Å².